The number of rotatable bonds is 4. The van der Waals surface area contributed by atoms with Gasteiger partial charge in [-0.1, -0.05) is 0 Å². The van der Waals surface area contributed by atoms with E-state index in [1.54, 1.807) is 0 Å². The van der Waals surface area contributed by atoms with Gasteiger partial charge in [0.1, 0.15) is 48.8 Å². The molecular weight excluding hydrogens is 320 g/mol. The lowest BCUT2D eigenvalue weighted by Crippen LogP contribution is -2.64. The third kappa shape index (κ3) is 3.65. The van der Waals surface area contributed by atoms with E-state index in [0.717, 1.165) is 0 Å². The van der Waals surface area contributed by atoms with E-state index in [-0.39, 0.29) is 0 Å². The summed E-state index contributed by atoms with van der Waals surface area (Å²) in [6.07, 6.45) is -15.6. The van der Waals surface area contributed by atoms with Gasteiger partial charge >= 0.3 is 0 Å². The summed E-state index contributed by atoms with van der Waals surface area (Å²) < 4.78 is 15.3. The lowest BCUT2D eigenvalue weighted by molar-refractivity contribution is -0.355. The van der Waals surface area contributed by atoms with Crippen molar-refractivity contribution < 1.29 is 55.1 Å². The number of hydrogen-bond acceptors (Lipinski definition) is 11. The molecule has 0 bridgehead atoms. The van der Waals surface area contributed by atoms with Crippen molar-refractivity contribution in [1.82, 2.24) is 0 Å². The molecule has 10 atom stereocenters. The Morgan fingerprint density at radius 3 is 1.83 bits per heavy atom. The molecule has 5 unspecified atom stereocenters. The van der Waals surface area contributed by atoms with Crippen LogP contribution in [0.3, 0.4) is 0 Å². The normalized spacial score (nSPS) is 51.7. The molecule has 0 aromatic carbocycles. The molecule has 2 aliphatic heterocycles. The molecule has 2 fully saturated rings. The largest absolute Gasteiger partial charge is 0.394 e. The summed E-state index contributed by atoms with van der Waals surface area (Å²) in [7, 11) is 0. The van der Waals surface area contributed by atoms with Crippen LogP contribution in [0.15, 0.2) is 0 Å². The van der Waals surface area contributed by atoms with Crippen molar-refractivity contribution in [2.75, 3.05) is 13.2 Å². The zero-order valence-electron chi connectivity index (χ0n) is 12.0. The molecule has 0 radical (unpaired) electrons. The van der Waals surface area contributed by atoms with Crippen molar-refractivity contribution in [2.45, 2.75) is 61.4 Å². The molecule has 11 heteroatoms. The number of hydrogen-bond donors (Lipinski definition) is 8. The van der Waals surface area contributed by atoms with Crippen LogP contribution in [0.2, 0.25) is 0 Å². The monoisotopic (exact) mass is 342 g/mol. The zero-order chi connectivity index (χ0) is 17.3. The van der Waals surface area contributed by atoms with Crippen LogP contribution in [0, 0.1) is 0 Å². The highest BCUT2D eigenvalue weighted by molar-refractivity contribution is 4.93. The molecular formula is C12H22O11. The predicted molar refractivity (Wildman–Crippen MR) is 68.6 cm³/mol. The molecule has 8 N–H and O–H groups in total. The third-order valence-corrected chi connectivity index (χ3v) is 3.98. The molecule has 11 nitrogen and oxygen atoms in total. The van der Waals surface area contributed by atoms with Gasteiger partial charge in [0.15, 0.2) is 12.6 Å². The van der Waals surface area contributed by atoms with Crippen LogP contribution < -0.4 is 0 Å². The van der Waals surface area contributed by atoms with Crippen molar-refractivity contribution in [3.63, 3.8) is 0 Å². The Labute approximate surface area is 130 Å². The lowest BCUT2D eigenvalue weighted by Gasteiger charge is -2.45. The number of aliphatic hydroxyl groups excluding tert-OH is 8. The fraction of sp³-hybridized carbons (Fsp3) is 1.00. The van der Waals surface area contributed by atoms with Crippen LogP contribution in [-0.2, 0) is 14.2 Å². The fourth-order valence-electron chi connectivity index (χ4n) is 2.57. The van der Waals surface area contributed by atoms with E-state index in [9.17, 15) is 35.7 Å². The Bertz CT molecular complexity index is 378. The van der Waals surface area contributed by atoms with E-state index in [1.807, 2.05) is 0 Å². The predicted octanol–water partition coefficient (Wildman–Crippen LogP) is -5.40. The maximum atomic E-state index is 9.94. The molecule has 0 amide bonds. The van der Waals surface area contributed by atoms with Gasteiger partial charge in [-0.2, -0.15) is 0 Å². The van der Waals surface area contributed by atoms with Crippen molar-refractivity contribution in [3.8, 4) is 0 Å². The molecule has 2 heterocycles. The Morgan fingerprint density at radius 2 is 1.26 bits per heavy atom. The number of ether oxygens (including phenoxy) is 3. The zero-order valence-corrected chi connectivity index (χ0v) is 12.0. The highest BCUT2D eigenvalue weighted by Crippen LogP contribution is 2.28. The van der Waals surface area contributed by atoms with E-state index in [1.165, 1.54) is 0 Å². The Kier molecular flexibility index (Phi) is 6.27. The van der Waals surface area contributed by atoms with Crippen molar-refractivity contribution in [2.24, 2.45) is 0 Å². The maximum absolute atomic E-state index is 9.94. The first-order valence-electron chi connectivity index (χ1n) is 7.08. The molecule has 0 aromatic rings. The van der Waals surface area contributed by atoms with Gasteiger partial charge in [-0.3, -0.25) is 0 Å². The van der Waals surface area contributed by atoms with Gasteiger partial charge in [0.2, 0.25) is 0 Å². The van der Waals surface area contributed by atoms with Crippen LogP contribution in [0.4, 0.5) is 0 Å². The first-order valence-corrected chi connectivity index (χ1v) is 7.08. The minimum Gasteiger partial charge on any atom is -0.394 e. The summed E-state index contributed by atoms with van der Waals surface area (Å²) >= 11 is 0. The molecule has 0 saturated carbocycles. The standard InChI is InChI=1S/C12H22O11/c13-1-3-5(15)6(16)9(19)12(22-3)23-10-4(2-14)21-11(20)8(18)7(10)17/h3-20H,1-2H2/t3?,4?,5-,6?,7?,8-,9-,10-,11?,12-/m1/s1. The smallest absolute Gasteiger partial charge is 0.187 e. The molecule has 2 aliphatic rings. The summed E-state index contributed by atoms with van der Waals surface area (Å²) in [6, 6.07) is 0. The van der Waals surface area contributed by atoms with Crippen LogP contribution in [0.5, 0.6) is 0 Å². The molecule has 136 valence electrons. The molecule has 2 rings (SSSR count). The average molecular weight is 342 g/mol. The SMILES string of the molecule is OCC1O[C@H](O[C@@H]2C(CO)OC(O)[C@H](O)C2O)[C@H](O)C(O)[C@@H]1O. The Morgan fingerprint density at radius 1 is 0.652 bits per heavy atom. The summed E-state index contributed by atoms with van der Waals surface area (Å²) in [4.78, 5) is 0. The van der Waals surface area contributed by atoms with E-state index in [0.29, 0.717) is 0 Å². The third-order valence-electron chi connectivity index (χ3n) is 3.98. The van der Waals surface area contributed by atoms with Crippen LogP contribution in [-0.4, -0.2) is 115 Å². The summed E-state index contributed by atoms with van der Waals surface area (Å²) in [5.41, 5.74) is 0. The Hall–Kier alpha value is -0.440. The maximum Gasteiger partial charge on any atom is 0.187 e. The van der Waals surface area contributed by atoms with Gasteiger partial charge < -0.3 is 55.1 Å². The molecule has 2 saturated heterocycles. The molecule has 0 spiro atoms. The van der Waals surface area contributed by atoms with Crippen LogP contribution >= 0.6 is 0 Å². The second-order valence-electron chi connectivity index (χ2n) is 5.53. The van der Waals surface area contributed by atoms with Crippen molar-refractivity contribution >= 4 is 0 Å². The summed E-state index contributed by atoms with van der Waals surface area (Å²) in [5.74, 6) is 0. The van der Waals surface area contributed by atoms with Crippen molar-refractivity contribution in [3.05, 3.63) is 0 Å². The van der Waals surface area contributed by atoms with Gasteiger partial charge in [-0.15, -0.1) is 0 Å². The average Bonchev–Trinajstić information content (AvgIpc) is 2.55. The fourth-order valence-corrected chi connectivity index (χ4v) is 2.57. The minimum atomic E-state index is -1.74. The van der Waals surface area contributed by atoms with E-state index in [4.69, 9.17) is 19.3 Å². The second kappa shape index (κ2) is 7.63. The van der Waals surface area contributed by atoms with Crippen LogP contribution in [0.25, 0.3) is 0 Å². The number of aliphatic hydroxyl groups is 8. The Balaban J connectivity index is 2.11. The van der Waals surface area contributed by atoms with Gasteiger partial charge in [0, 0.05) is 0 Å². The van der Waals surface area contributed by atoms with Gasteiger partial charge in [-0.05, 0) is 0 Å². The molecule has 0 aromatic heterocycles. The summed E-state index contributed by atoms with van der Waals surface area (Å²) in [6.45, 7) is -1.35. The first kappa shape index (κ1) is 18.9. The van der Waals surface area contributed by atoms with E-state index < -0.39 is 74.6 Å². The molecule has 0 aliphatic carbocycles. The van der Waals surface area contributed by atoms with Gasteiger partial charge in [0.25, 0.3) is 0 Å². The van der Waals surface area contributed by atoms with E-state index >= 15 is 0 Å². The van der Waals surface area contributed by atoms with E-state index in [2.05, 4.69) is 0 Å². The lowest BCUT2D eigenvalue weighted by atomic mass is 9.97. The molecule has 23 heavy (non-hydrogen) atoms. The quantitative estimate of drug-likeness (QED) is 0.243. The van der Waals surface area contributed by atoms with Gasteiger partial charge in [0.05, 0.1) is 13.2 Å². The highest BCUT2D eigenvalue weighted by atomic mass is 16.7. The summed E-state index contributed by atoms with van der Waals surface area (Å²) in [5, 5.41) is 76.5. The van der Waals surface area contributed by atoms with Crippen LogP contribution in [0.1, 0.15) is 0 Å². The topological polar surface area (TPSA) is 190 Å². The van der Waals surface area contributed by atoms with Gasteiger partial charge in [-0.25, -0.2) is 0 Å². The second-order valence-corrected chi connectivity index (χ2v) is 5.53. The first-order chi connectivity index (χ1) is 10.8. The highest BCUT2D eigenvalue weighted by Gasteiger charge is 2.50. The minimum absolute atomic E-state index is 0.667. The van der Waals surface area contributed by atoms with Crippen molar-refractivity contribution in [1.29, 1.82) is 0 Å².